The van der Waals surface area contributed by atoms with Gasteiger partial charge >= 0.3 is 0 Å². The Labute approximate surface area is 76.7 Å². The molecule has 0 spiro atoms. The third-order valence-corrected chi connectivity index (χ3v) is 2.26. The van der Waals surface area contributed by atoms with Crippen molar-refractivity contribution in [2.45, 2.75) is 0 Å². The molecule has 0 bridgehead atoms. The number of aromatic amines is 1. The van der Waals surface area contributed by atoms with Crippen LogP contribution in [0.15, 0.2) is 18.3 Å². The summed E-state index contributed by atoms with van der Waals surface area (Å²) >= 11 is 0. The molecule has 4 nitrogen and oxygen atoms in total. The van der Waals surface area contributed by atoms with Crippen molar-refractivity contribution in [2.75, 3.05) is 19.6 Å². The van der Waals surface area contributed by atoms with E-state index in [9.17, 15) is 4.79 Å². The average Bonchev–Trinajstić information content (AvgIpc) is 2.52. The van der Waals surface area contributed by atoms with Crippen LogP contribution in [0.4, 0.5) is 0 Å². The second-order valence-corrected chi connectivity index (χ2v) is 3.32. The fourth-order valence-electron chi connectivity index (χ4n) is 1.30. The highest BCUT2D eigenvalue weighted by molar-refractivity contribution is 5.92. The first-order chi connectivity index (χ1) is 6.36. The lowest BCUT2D eigenvalue weighted by Gasteiger charge is -2.26. The molecule has 0 atom stereocenters. The molecule has 13 heavy (non-hydrogen) atoms. The molecule has 0 saturated carbocycles. The van der Waals surface area contributed by atoms with Crippen molar-refractivity contribution in [2.24, 2.45) is 5.92 Å². The number of amides is 1. The molecule has 1 aliphatic heterocycles. The molecule has 0 unspecified atom stereocenters. The molecule has 1 amide bonds. The largest absolute Gasteiger partial charge is 0.357 e. The maximum Gasteiger partial charge on any atom is 0.267 e. The van der Waals surface area contributed by atoms with E-state index in [0.717, 1.165) is 19.6 Å². The van der Waals surface area contributed by atoms with E-state index in [1.54, 1.807) is 12.3 Å². The van der Waals surface area contributed by atoms with Crippen molar-refractivity contribution in [1.82, 2.24) is 15.6 Å². The molecule has 1 aliphatic rings. The van der Waals surface area contributed by atoms with Crippen LogP contribution in [0.5, 0.6) is 0 Å². The first kappa shape index (κ1) is 8.31. The van der Waals surface area contributed by atoms with Gasteiger partial charge in [0.2, 0.25) is 0 Å². The predicted molar refractivity (Wildman–Crippen MR) is 49.5 cm³/mol. The van der Waals surface area contributed by atoms with E-state index in [1.165, 1.54) is 0 Å². The summed E-state index contributed by atoms with van der Waals surface area (Å²) in [4.78, 5) is 14.3. The Morgan fingerprint density at radius 1 is 1.62 bits per heavy atom. The average molecular weight is 179 g/mol. The zero-order valence-corrected chi connectivity index (χ0v) is 7.34. The molecule has 2 rings (SSSR count). The van der Waals surface area contributed by atoms with Crippen molar-refractivity contribution >= 4 is 5.91 Å². The molecule has 1 fully saturated rings. The van der Waals surface area contributed by atoms with Gasteiger partial charge in [0, 0.05) is 31.7 Å². The Kier molecular flexibility index (Phi) is 2.31. The fourth-order valence-corrected chi connectivity index (χ4v) is 1.30. The van der Waals surface area contributed by atoms with Crippen LogP contribution in [0.25, 0.3) is 0 Å². The Morgan fingerprint density at radius 2 is 2.46 bits per heavy atom. The van der Waals surface area contributed by atoms with Gasteiger partial charge in [0.15, 0.2) is 0 Å². The third-order valence-electron chi connectivity index (χ3n) is 2.26. The summed E-state index contributed by atoms with van der Waals surface area (Å²) in [5.74, 6) is 0.593. The van der Waals surface area contributed by atoms with Gasteiger partial charge in [0.1, 0.15) is 5.69 Å². The maximum atomic E-state index is 11.4. The molecule has 0 aliphatic carbocycles. The monoisotopic (exact) mass is 179 g/mol. The number of H-pyrrole nitrogens is 1. The van der Waals surface area contributed by atoms with Gasteiger partial charge in [-0.1, -0.05) is 0 Å². The number of carbonyl (C=O) groups is 1. The van der Waals surface area contributed by atoms with Gasteiger partial charge in [0.25, 0.3) is 5.91 Å². The lowest BCUT2D eigenvalue weighted by atomic mass is 10.0. The van der Waals surface area contributed by atoms with E-state index in [4.69, 9.17) is 0 Å². The van der Waals surface area contributed by atoms with Crippen molar-refractivity contribution in [1.29, 1.82) is 0 Å². The van der Waals surface area contributed by atoms with Gasteiger partial charge in [-0.3, -0.25) is 4.79 Å². The van der Waals surface area contributed by atoms with Gasteiger partial charge in [-0.25, -0.2) is 0 Å². The minimum absolute atomic E-state index is 0.0168. The smallest absolute Gasteiger partial charge is 0.267 e. The molecule has 3 N–H and O–H groups in total. The van der Waals surface area contributed by atoms with Gasteiger partial charge in [-0.15, -0.1) is 0 Å². The van der Waals surface area contributed by atoms with Crippen LogP contribution in [0.1, 0.15) is 10.5 Å². The van der Waals surface area contributed by atoms with Crippen LogP contribution < -0.4 is 10.6 Å². The van der Waals surface area contributed by atoms with Crippen molar-refractivity contribution in [3.63, 3.8) is 0 Å². The first-order valence-corrected chi connectivity index (χ1v) is 4.48. The summed E-state index contributed by atoms with van der Waals surface area (Å²) < 4.78 is 0. The fraction of sp³-hybridized carbons (Fsp3) is 0.444. The highest BCUT2D eigenvalue weighted by atomic mass is 16.1. The van der Waals surface area contributed by atoms with Crippen LogP contribution in [-0.4, -0.2) is 30.5 Å². The van der Waals surface area contributed by atoms with Gasteiger partial charge in [0.05, 0.1) is 0 Å². The summed E-state index contributed by atoms with van der Waals surface area (Å²) in [6.45, 7) is 2.81. The Bertz CT molecular complexity index is 277. The van der Waals surface area contributed by atoms with E-state index < -0.39 is 0 Å². The van der Waals surface area contributed by atoms with E-state index in [0.29, 0.717) is 11.6 Å². The Morgan fingerprint density at radius 3 is 3.00 bits per heavy atom. The van der Waals surface area contributed by atoms with Crippen LogP contribution >= 0.6 is 0 Å². The van der Waals surface area contributed by atoms with Gasteiger partial charge in [-0.05, 0) is 12.1 Å². The molecule has 2 heterocycles. The lowest BCUT2D eigenvalue weighted by molar-refractivity contribution is 0.0938. The highest BCUT2D eigenvalue weighted by Crippen LogP contribution is 2.01. The van der Waals surface area contributed by atoms with Crippen LogP contribution in [0.3, 0.4) is 0 Å². The molecule has 0 radical (unpaired) electrons. The molecule has 70 valence electrons. The number of nitrogens with one attached hydrogen (secondary N) is 3. The topological polar surface area (TPSA) is 56.9 Å². The zero-order valence-electron chi connectivity index (χ0n) is 7.34. The van der Waals surface area contributed by atoms with Crippen molar-refractivity contribution in [3.8, 4) is 0 Å². The maximum absolute atomic E-state index is 11.4. The Balaban J connectivity index is 1.78. The minimum atomic E-state index is -0.0168. The summed E-state index contributed by atoms with van der Waals surface area (Å²) in [7, 11) is 0. The molecule has 1 aromatic heterocycles. The summed E-state index contributed by atoms with van der Waals surface area (Å²) in [5.41, 5.74) is 0.632. The number of rotatable bonds is 3. The summed E-state index contributed by atoms with van der Waals surface area (Å²) in [6.07, 6.45) is 1.75. The Hall–Kier alpha value is -1.29. The minimum Gasteiger partial charge on any atom is -0.357 e. The third kappa shape index (κ3) is 1.89. The van der Waals surface area contributed by atoms with Crippen LogP contribution in [0, 0.1) is 5.92 Å². The normalized spacial score (nSPS) is 16.6. The number of hydrogen-bond donors (Lipinski definition) is 3. The lowest BCUT2D eigenvalue weighted by Crippen LogP contribution is -2.48. The van der Waals surface area contributed by atoms with E-state index in [-0.39, 0.29) is 5.91 Å². The van der Waals surface area contributed by atoms with E-state index >= 15 is 0 Å². The SMILES string of the molecule is O=C(NCC1CNC1)c1ccc[nH]1. The number of carbonyl (C=O) groups excluding carboxylic acids is 1. The molecule has 4 heteroatoms. The number of hydrogen-bond acceptors (Lipinski definition) is 2. The summed E-state index contributed by atoms with van der Waals surface area (Å²) in [5, 5.41) is 6.04. The van der Waals surface area contributed by atoms with Crippen LogP contribution in [-0.2, 0) is 0 Å². The predicted octanol–water partition coefficient (Wildman–Crippen LogP) is -0.0361. The van der Waals surface area contributed by atoms with Crippen molar-refractivity contribution < 1.29 is 4.79 Å². The van der Waals surface area contributed by atoms with Crippen molar-refractivity contribution in [3.05, 3.63) is 24.0 Å². The van der Waals surface area contributed by atoms with Gasteiger partial charge in [-0.2, -0.15) is 0 Å². The first-order valence-electron chi connectivity index (χ1n) is 4.48. The highest BCUT2D eigenvalue weighted by Gasteiger charge is 2.17. The second-order valence-electron chi connectivity index (χ2n) is 3.32. The zero-order chi connectivity index (χ0) is 9.10. The molecule has 1 aromatic rings. The molecule has 1 saturated heterocycles. The number of aromatic nitrogens is 1. The van der Waals surface area contributed by atoms with E-state index in [1.807, 2.05) is 6.07 Å². The second kappa shape index (κ2) is 3.62. The molecule has 0 aromatic carbocycles. The standard InChI is InChI=1S/C9H13N3O/c13-9(8-2-1-3-11-8)12-6-7-4-10-5-7/h1-3,7,10-11H,4-6H2,(H,12,13). The molecular weight excluding hydrogens is 166 g/mol. The molecular formula is C9H13N3O. The van der Waals surface area contributed by atoms with Gasteiger partial charge < -0.3 is 15.6 Å². The van der Waals surface area contributed by atoms with E-state index in [2.05, 4.69) is 15.6 Å². The summed E-state index contributed by atoms with van der Waals surface area (Å²) in [6, 6.07) is 3.59. The van der Waals surface area contributed by atoms with Crippen LogP contribution in [0.2, 0.25) is 0 Å². The quantitative estimate of drug-likeness (QED) is 0.610.